The quantitative estimate of drug-likeness (QED) is 0.384. The predicted octanol–water partition coefficient (Wildman–Crippen LogP) is 4.24. The molecule has 1 aliphatic rings. The molecule has 0 spiro atoms. The van der Waals surface area contributed by atoms with Crippen LogP contribution < -0.4 is 0 Å². The SMILES string of the molecule is COC(=N)c1cccc(CCc2cccc(CN3C(=O)c4ccccc4C3=O)c2)c1. The van der Waals surface area contributed by atoms with E-state index in [0.29, 0.717) is 11.1 Å². The van der Waals surface area contributed by atoms with E-state index in [1.54, 1.807) is 24.3 Å². The van der Waals surface area contributed by atoms with Crippen LogP contribution in [-0.2, 0) is 24.1 Å². The van der Waals surface area contributed by atoms with Crippen molar-refractivity contribution in [2.24, 2.45) is 0 Å². The molecule has 1 heterocycles. The number of hydrogen-bond donors (Lipinski definition) is 1. The van der Waals surface area contributed by atoms with E-state index in [9.17, 15) is 9.59 Å². The van der Waals surface area contributed by atoms with E-state index in [2.05, 4.69) is 0 Å². The van der Waals surface area contributed by atoms with Gasteiger partial charge >= 0.3 is 0 Å². The van der Waals surface area contributed by atoms with Crippen LogP contribution in [0.3, 0.4) is 0 Å². The van der Waals surface area contributed by atoms with Crippen molar-refractivity contribution in [3.05, 3.63) is 106 Å². The van der Waals surface area contributed by atoms with Gasteiger partial charge in [-0.25, -0.2) is 0 Å². The fourth-order valence-electron chi connectivity index (χ4n) is 3.72. The highest BCUT2D eigenvalue weighted by Crippen LogP contribution is 2.24. The molecule has 1 N–H and O–H groups in total. The number of benzene rings is 3. The van der Waals surface area contributed by atoms with Gasteiger partial charge in [0.15, 0.2) is 0 Å². The molecule has 4 rings (SSSR count). The maximum atomic E-state index is 12.6. The molecule has 0 aromatic heterocycles. The van der Waals surface area contributed by atoms with Gasteiger partial charge in [0.05, 0.1) is 24.8 Å². The lowest BCUT2D eigenvalue weighted by molar-refractivity contribution is 0.0642. The topological polar surface area (TPSA) is 70.5 Å². The van der Waals surface area contributed by atoms with Gasteiger partial charge in [0.1, 0.15) is 0 Å². The number of rotatable bonds is 6. The van der Waals surface area contributed by atoms with Crippen molar-refractivity contribution in [3.63, 3.8) is 0 Å². The molecule has 3 aromatic rings. The molecule has 0 unspecified atom stereocenters. The fraction of sp³-hybridized carbons (Fsp3) is 0.160. The number of aryl methyl sites for hydroxylation is 2. The lowest BCUT2D eigenvalue weighted by Crippen LogP contribution is -2.29. The van der Waals surface area contributed by atoms with Crippen LogP contribution in [0, 0.1) is 5.41 Å². The Morgan fingerprint density at radius 2 is 1.37 bits per heavy atom. The summed E-state index contributed by atoms with van der Waals surface area (Å²) in [6.45, 7) is 0.265. The molecule has 3 aromatic carbocycles. The van der Waals surface area contributed by atoms with E-state index >= 15 is 0 Å². The number of methoxy groups -OCH3 is 1. The van der Waals surface area contributed by atoms with Crippen LogP contribution in [0.25, 0.3) is 0 Å². The molecule has 2 amide bonds. The highest BCUT2D eigenvalue weighted by molar-refractivity contribution is 6.21. The van der Waals surface area contributed by atoms with E-state index in [4.69, 9.17) is 10.1 Å². The smallest absolute Gasteiger partial charge is 0.261 e. The van der Waals surface area contributed by atoms with Gasteiger partial charge in [-0.2, -0.15) is 0 Å². The third kappa shape index (κ3) is 3.87. The van der Waals surface area contributed by atoms with Gasteiger partial charge in [-0.1, -0.05) is 48.5 Å². The van der Waals surface area contributed by atoms with Crippen molar-refractivity contribution >= 4 is 17.7 Å². The average molecular weight is 398 g/mol. The zero-order valence-corrected chi connectivity index (χ0v) is 16.7. The third-order valence-electron chi connectivity index (χ3n) is 5.31. The first-order valence-electron chi connectivity index (χ1n) is 9.81. The standard InChI is InChI=1S/C25H22N2O3/c1-30-23(26)20-9-5-7-18(15-20)13-12-17-6-4-8-19(14-17)16-27-24(28)21-10-2-3-11-22(21)25(27)29/h2-11,14-15,26H,12-13,16H2,1H3. The van der Waals surface area contributed by atoms with Crippen molar-refractivity contribution in [3.8, 4) is 0 Å². The maximum Gasteiger partial charge on any atom is 0.261 e. The second-order valence-electron chi connectivity index (χ2n) is 7.30. The Balaban J connectivity index is 1.45. The Bertz CT molecular complexity index is 1100. The van der Waals surface area contributed by atoms with E-state index in [0.717, 1.165) is 35.1 Å². The minimum absolute atomic E-state index is 0.153. The number of amides is 2. The summed E-state index contributed by atoms with van der Waals surface area (Å²) in [4.78, 5) is 26.5. The van der Waals surface area contributed by atoms with E-state index in [-0.39, 0.29) is 24.3 Å². The molecule has 150 valence electrons. The molecule has 0 saturated carbocycles. The number of nitrogens with zero attached hydrogens (tertiary/aromatic N) is 1. The Morgan fingerprint density at radius 3 is 2.00 bits per heavy atom. The second-order valence-corrected chi connectivity index (χ2v) is 7.30. The summed E-state index contributed by atoms with van der Waals surface area (Å²) in [7, 11) is 1.49. The highest BCUT2D eigenvalue weighted by Gasteiger charge is 2.34. The van der Waals surface area contributed by atoms with Crippen molar-refractivity contribution in [1.82, 2.24) is 4.90 Å². The molecule has 5 heteroatoms. The number of ether oxygens (including phenoxy) is 1. The van der Waals surface area contributed by atoms with E-state index < -0.39 is 0 Å². The molecule has 0 radical (unpaired) electrons. The lowest BCUT2D eigenvalue weighted by Gasteiger charge is -2.14. The van der Waals surface area contributed by atoms with Crippen molar-refractivity contribution in [1.29, 1.82) is 5.41 Å². The molecule has 30 heavy (non-hydrogen) atoms. The number of carbonyl (C=O) groups is 2. The number of hydrogen-bond acceptors (Lipinski definition) is 4. The normalized spacial score (nSPS) is 12.8. The minimum atomic E-state index is -0.238. The van der Waals surface area contributed by atoms with Crippen LogP contribution in [0.2, 0.25) is 0 Å². The van der Waals surface area contributed by atoms with Crippen LogP contribution in [-0.4, -0.2) is 29.7 Å². The summed E-state index contributed by atoms with van der Waals surface area (Å²) in [6.07, 6.45) is 1.64. The number of fused-ring (bicyclic) bond motifs is 1. The molecular formula is C25H22N2O3. The first kappa shape index (κ1) is 19.6. The highest BCUT2D eigenvalue weighted by atomic mass is 16.5. The van der Waals surface area contributed by atoms with Gasteiger partial charge in [-0.05, 0) is 53.8 Å². The summed E-state index contributed by atoms with van der Waals surface area (Å²) >= 11 is 0. The van der Waals surface area contributed by atoms with Crippen molar-refractivity contribution in [2.45, 2.75) is 19.4 Å². The third-order valence-corrected chi connectivity index (χ3v) is 5.31. The van der Waals surface area contributed by atoms with E-state index in [1.807, 2.05) is 48.5 Å². The van der Waals surface area contributed by atoms with Gasteiger partial charge in [0.2, 0.25) is 5.90 Å². The summed E-state index contributed by atoms with van der Waals surface area (Å²) in [5.41, 5.74) is 4.89. The summed E-state index contributed by atoms with van der Waals surface area (Å²) < 4.78 is 5.00. The zero-order chi connectivity index (χ0) is 21.1. The Labute approximate surface area is 175 Å². The van der Waals surface area contributed by atoms with Crippen LogP contribution in [0.4, 0.5) is 0 Å². The van der Waals surface area contributed by atoms with Crippen LogP contribution in [0.1, 0.15) is 43.0 Å². The van der Waals surface area contributed by atoms with Crippen LogP contribution in [0.15, 0.2) is 72.8 Å². The lowest BCUT2D eigenvalue weighted by atomic mass is 10.0. The van der Waals surface area contributed by atoms with Crippen molar-refractivity contribution < 1.29 is 14.3 Å². The number of nitrogens with one attached hydrogen (secondary N) is 1. The predicted molar refractivity (Wildman–Crippen MR) is 115 cm³/mol. The molecular weight excluding hydrogens is 376 g/mol. The zero-order valence-electron chi connectivity index (χ0n) is 16.7. The first-order chi connectivity index (χ1) is 14.6. The fourth-order valence-corrected chi connectivity index (χ4v) is 3.72. The molecule has 0 fully saturated rings. The largest absolute Gasteiger partial charge is 0.481 e. The summed E-state index contributed by atoms with van der Waals surface area (Å²) in [5, 5.41) is 7.81. The summed E-state index contributed by atoms with van der Waals surface area (Å²) in [6, 6.07) is 22.7. The molecule has 5 nitrogen and oxygen atoms in total. The number of carbonyl (C=O) groups excluding carboxylic acids is 2. The van der Waals surface area contributed by atoms with Gasteiger partial charge in [0.25, 0.3) is 11.8 Å². The minimum Gasteiger partial charge on any atom is -0.481 e. The molecule has 1 aliphatic heterocycles. The van der Waals surface area contributed by atoms with Crippen molar-refractivity contribution in [2.75, 3.05) is 7.11 Å². The van der Waals surface area contributed by atoms with Gasteiger partial charge < -0.3 is 4.74 Å². The molecule has 0 saturated heterocycles. The monoisotopic (exact) mass is 398 g/mol. The maximum absolute atomic E-state index is 12.6. The molecule has 0 aliphatic carbocycles. The molecule has 0 bridgehead atoms. The average Bonchev–Trinajstić information content (AvgIpc) is 3.03. The Kier molecular flexibility index (Phi) is 5.44. The van der Waals surface area contributed by atoms with Crippen LogP contribution >= 0.6 is 0 Å². The Hall–Kier alpha value is -3.73. The molecule has 0 atom stereocenters. The Morgan fingerprint density at radius 1 is 0.800 bits per heavy atom. The van der Waals surface area contributed by atoms with Gasteiger partial charge in [-0.15, -0.1) is 0 Å². The summed E-state index contributed by atoms with van der Waals surface area (Å²) in [5.74, 6) is -0.323. The second kappa shape index (κ2) is 8.33. The van der Waals surface area contributed by atoms with E-state index in [1.165, 1.54) is 12.0 Å². The van der Waals surface area contributed by atoms with Gasteiger partial charge in [-0.3, -0.25) is 19.9 Å². The number of imide groups is 1. The van der Waals surface area contributed by atoms with Gasteiger partial charge in [0, 0.05) is 5.56 Å². The van der Waals surface area contributed by atoms with Crippen LogP contribution in [0.5, 0.6) is 0 Å². The first-order valence-corrected chi connectivity index (χ1v) is 9.81.